The molecule has 1 saturated heterocycles. The molecule has 1 aliphatic heterocycles. The van der Waals surface area contributed by atoms with E-state index in [1.54, 1.807) is 18.3 Å². The molecule has 1 fully saturated rings. The second-order valence-corrected chi connectivity index (χ2v) is 8.27. The lowest BCUT2D eigenvalue weighted by atomic mass is 10.2. The highest BCUT2D eigenvalue weighted by molar-refractivity contribution is 7.98. The van der Waals surface area contributed by atoms with Crippen LogP contribution in [0.1, 0.15) is 18.7 Å². The molecular weight excluding hydrogens is 415 g/mol. The van der Waals surface area contributed by atoms with Gasteiger partial charge in [0.25, 0.3) is 0 Å². The number of thioether (sulfide) groups is 1. The van der Waals surface area contributed by atoms with Crippen molar-refractivity contribution in [3.8, 4) is 22.7 Å². The van der Waals surface area contributed by atoms with Crippen LogP contribution in [0.25, 0.3) is 22.7 Å². The maximum atomic E-state index is 13.4. The van der Waals surface area contributed by atoms with Crippen LogP contribution in [-0.4, -0.2) is 32.5 Å². The quantitative estimate of drug-likeness (QED) is 0.371. The minimum Gasteiger partial charge on any atom is -0.440 e. The summed E-state index contributed by atoms with van der Waals surface area (Å²) >= 11 is 1.51. The largest absolute Gasteiger partial charge is 0.440 e. The Morgan fingerprint density at radius 1 is 1.03 bits per heavy atom. The summed E-state index contributed by atoms with van der Waals surface area (Å²) in [6.45, 7) is 1.43. The predicted octanol–water partition coefficient (Wildman–Crippen LogP) is 5.21. The normalized spacial score (nSPS) is 16.1. The Bertz CT molecular complexity index is 1140. The first kappa shape index (κ1) is 20.0. The van der Waals surface area contributed by atoms with Gasteiger partial charge in [-0.15, -0.1) is 10.2 Å². The van der Waals surface area contributed by atoms with Crippen molar-refractivity contribution in [3.63, 3.8) is 0 Å². The second-order valence-electron chi connectivity index (χ2n) is 7.33. The highest BCUT2D eigenvalue weighted by Gasteiger charge is 2.22. The van der Waals surface area contributed by atoms with Crippen LogP contribution in [0.3, 0.4) is 0 Å². The Labute approximate surface area is 183 Å². The fourth-order valence-electron chi connectivity index (χ4n) is 3.60. The predicted molar refractivity (Wildman–Crippen MR) is 116 cm³/mol. The Balaban J connectivity index is 1.37. The molecule has 2 aromatic carbocycles. The molecule has 0 unspecified atom stereocenters. The Hall–Kier alpha value is -2.97. The molecule has 0 N–H and O–H groups in total. The molecule has 0 saturated carbocycles. The molecule has 31 heavy (non-hydrogen) atoms. The van der Waals surface area contributed by atoms with E-state index in [1.807, 2.05) is 30.3 Å². The Morgan fingerprint density at radius 2 is 1.87 bits per heavy atom. The topological polar surface area (TPSA) is 66.0 Å². The lowest BCUT2D eigenvalue weighted by molar-refractivity contribution is 0.0953. The van der Waals surface area contributed by atoms with E-state index in [9.17, 15) is 4.39 Å². The maximum absolute atomic E-state index is 13.4. The highest BCUT2D eigenvalue weighted by atomic mass is 32.2. The van der Waals surface area contributed by atoms with Crippen molar-refractivity contribution < 1.29 is 13.5 Å². The van der Waals surface area contributed by atoms with Crippen LogP contribution in [0.5, 0.6) is 0 Å². The third kappa shape index (κ3) is 4.55. The van der Waals surface area contributed by atoms with Gasteiger partial charge < -0.3 is 9.15 Å². The van der Waals surface area contributed by atoms with E-state index < -0.39 is 0 Å². The minimum absolute atomic E-state index is 0.126. The van der Waals surface area contributed by atoms with Crippen molar-refractivity contribution in [3.05, 3.63) is 72.5 Å². The van der Waals surface area contributed by atoms with Crippen LogP contribution in [0.2, 0.25) is 0 Å². The first-order chi connectivity index (χ1) is 15.3. The van der Waals surface area contributed by atoms with Gasteiger partial charge in [-0.1, -0.05) is 42.1 Å². The average molecular weight is 437 g/mol. The van der Waals surface area contributed by atoms with Crippen molar-refractivity contribution in [2.45, 2.75) is 36.4 Å². The summed E-state index contributed by atoms with van der Waals surface area (Å²) in [5.41, 5.74) is 1.81. The summed E-state index contributed by atoms with van der Waals surface area (Å²) < 4.78 is 27.2. The first-order valence-corrected chi connectivity index (χ1v) is 11.2. The summed E-state index contributed by atoms with van der Waals surface area (Å²) in [4.78, 5) is 4.40. The molecular formula is C23H21FN4O2S. The third-order valence-electron chi connectivity index (χ3n) is 5.17. The van der Waals surface area contributed by atoms with E-state index in [-0.39, 0.29) is 11.9 Å². The van der Waals surface area contributed by atoms with Crippen LogP contribution in [0, 0.1) is 5.82 Å². The number of benzene rings is 2. The number of nitrogens with zero attached hydrogens (tertiary/aromatic N) is 4. The van der Waals surface area contributed by atoms with Gasteiger partial charge >= 0.3 is 0 Å². The van der Waals surface area contributed by atoms with Crippen molar-refractivity contribution in [1.29, 1.82) is 0 Å². The number of oxazole rings is 1. The van der Waals surface area contributed by atoms with Gasteiger partial charge in [0.15, 0.2) is 16.7 Å². The van der Waals surface area contributed by atoms with Crippen molar-refractivity contribution in [2.75, 3.05) is 6.61 Å². The van der Waals surface area contributed by atoms with E-state index in [4.69, 9.17) is 9.15 Å². The molecule has 158 valence electrons. The molecule has 1 atom stereocenters. The van der Waals surface area contributed by atoms with Gasteiger partial charge in [0.2, 0.25) is 5.89 Å². The van der Waals surface area contributed by atoms with Gasteiger partial charge in [-0.2, -0.15) is 0 Å². The van der Waals surface area contributed by atoms with E-state index >= 15 is 0 Å². The number of halogens is 1. The third-order valence-corrected chi connectivity index (χ3v) is 6.12. The smallest absolute Gasteiger partial charge is 0.205 e. The number of aromatic nitrogens is 4. The summed E-state index contributed by atoms with van der Waals surface area (Å²) in [6, 6.07) is 16.2. The van der Waals surface area contributed by atoms with Crippen molar-refractivity contribution in [1.82, 2.24) is 19.7 Å². The summed E-state index contributed by atoms with van der Waals surface area (Å²) in [7, 11) is 0. The molecule has 0 aliphatic carbocycles. The van der Waals surface area contributed by atoms with Gasteiger partial charge in [-0.3, -0.25) is 4.57 Å². The SMILES string of the molecule is Fc1ccc(-c2nnc(SCc3ncc(-c4ccccc4)o3)n2C[C@H]2CCCO2)cc1. The lowest BCUT2D eigenvalue weighted by Crippen LogP contribution is -2.16. The molecule has 2 aromatic heterocycles. The fourth-order valence-corrected chi connectivity index (χ4v) is 4.41. The number of rotatable bonds is 7. The zero-order valence-electron chi connectivity index (χ0n) is 16.8. The number of hydrogen-bond acceptors (Lipinski definition) is 6. The first-order valence-electron chi connectivity index (χ1n) is 10.2. The fraction of sp³-hybridized carbons (Fsp3) is 0.261. The standard InChI is InChI=1S/C23H21FN4O2S/c24-18-10-8-17(9-11-18)22-26-27-23(28(22)14-19-7-4-12-29-19)31-15-21-25-13-20(30-21)16-5-2-1-3-6-16/h1-3,5-6,8-11,13,19H,4,7,12,14-15H2/t19-/m1/s1. The van der Waals surface area contributed by atoms with Crippen molar-refractivity contribution in [2.24, 2.45) is 0 Å². The molecule has 8 heteroatoms. The number of ether oxygens (including phenoxy) is 1. The van der Waals surface area contributed by atoms with Crippen molar-refractivity contribution >= 4 is 11.8 Å². The van der Waals surface area contributed by atoms with Gasteiger partial charge in [0.1, 0.15) is 5.82 Å². The van der Waals surface area contributed by atoms with Gasteiger partial charge in [-0.25, -0.2) is 9.37 Å². The van der Waals surface area contributed by atoms with Crippen LogP contribution in [-0.2, 0) is 17.0 Å². The summed E-state index contributed by atoms with van der Waals surface area (Å²) in [5, 5.41) is 9.54. The Morgan fingerprint density at radius 3 is 2.65 bits per heavy atom. The van der Waals surface area contributed by atoms with Crippen LogP contribution in [0.4, 0.5) is 4.39 Å². The van der Waals surface area contributed by atoms with Gasteiger partial charge in [-0.05, 0) is 37.1 Å². The Kier molecular flexibility index (Phi) is 5.82. The van der Waals surface area contributed by atoms with E-state index in [0.717, 1.165) is 41.5 Å². The van der Waals surface area contributed by atoms with Crippen LogP contribution in [0.15, 0.2) is 70.4 Å². The lowest BCUT2D eigenvalue weighted by Gasteiger charge is -2.14. The maximum Gasteiger partial charge on any atom is 0.205 e. The van der Waals surface area contributed by atoms with E-state index in [0.29, 0.717) is 24.0 Å². The second kappa shape index (κ2) is 9.03. The average Bonchev–Trinajstić information content (AvgIpc) is 3.56. The summed E-state index contributed by atoms with van der Waals surface area (Å²) in [6.07, 6.45) is 3.93. The molecule has 0 radical (unpaired) electrons. The zero-order valence-corrected chi connectivity index (χ0v) is 17.6. The molecule has 6 nitrogen and oxygen atoms in total. The van der Waals surface area contributed by atoms with Crippen LogP contribution < -0.4 is 0 Å². The van der Waals surface area contributed by atoms with E-state index in [1.165, 1.54) is 23.9 Å². The molecule has 1 aliphatic rings. The molecule has 0 spiro atoms. The zero-order chi connectivity index (χ0) is 21.0. The van der Waals surface area contributed by atoms with Crippen LogP contribution >= 0.6 is 11.8 Å². The minimum atomic E-state index is -0.276. The molecule has 3 heterocycles. The molecule has 0 bridgehead atoms. The molecule has 5 rings (SSSR count). The van der Waals surface area contributed by atoms with Gasteiger partial charge in [0.05, 0.1) is 24.6 Å². The van der Waals surface area contributed by atoms with E-state index in [2.05, 4.69) is 19.7 Å². The summed E-state index contributed by atoms with van der Waals surface area (Å²) in [5.74, 6) is 2.32. The molecule has 0 amide bonds. The number of hydrogen-bond donors (Lipinski definition) is 0. The monoisotopic (exact) mass is 436 g/mol. The van der Waals surface area contributed by atoms with Gasteiger partial charge in [0, 0.05) is 17.7 Å². The molecule has 4 aromatic rings. The highest BCUT2D eigenvalue weighted by Crippen LogP contribution is 2.29.